The highest BCUT2D eigenvalue weighted by Gasteiger charge is 2.45. The zero-order valence-corrected chi connectivity index (χ0v) is 37.3. The number of piperidine rings is 1. The van der Waals surface area contributed by atoms with Gasteiger partial charge in [0.25, 0.3) is 17.7 Å². The van der Waals surface area contributed by atoms with E-state index < -0.39 is 57.6 Å². The van der Waals surface area contributed by atoms with Crippen molar-refractivity contribution in [1.29, 1.82) is 0 Å². The fraction of sp³-hybridized carbons (Fsp3) is 0.409. The minimum absolute atomic E-state index is 0.0349. The van der Waals surface area contributed by atoms with Crippen LogP contribution in [0.2, 0.25) is 0 Å². The van der Waals surface area contributed by atoms with Crippen molar-refractivity contribution >= 4 is 73.5 Å². The molecule has 0 aliphatic carbocycles. The summed E-state index contributed by atoms with van der Waals surface area (Å²) < 4.78 is 30.6. The Hall–Kier alpha value is -6.29. The van der Waals surface area contributed by atoms with Crippen LogP contribution in [0, 0.1) is 5.92 Å². The number of carbonyl (C=O) groups excluding carboxylic acids is 7. The number of rotatable bonds is 17. The van der Waals surface area contributed by atoms with Gasteiger partial charge in [0.05, 0.1) is 28.6 Å². The Labute approximate surface area is 379 Å². The first kappa shape index (κ1) is 45.3. The number of nitrogens with one attached hydrogen (secondary N) is 3. The molecule has 4 aliphatic heterocycles. The molecule has 3 saturated heterocycles. The monoisotopic (exact) mass is 927 g/mol. The molecule has 4 aromatic rings. The van der Waals surface area contributed by atoms with E-state index in [4.69, 9.17) is 4.74 Å². The molecule has 0 saturated carbocycles. The molecule has 0 spiro atoms. The van der Waals surface area contributed by atoms with Crippen LogP contribution in [0.1, 0.15) is 63.2 Å². The predicted molar refractivity (Wildman–Crippen MR) is 239 cm³/mol. The Bertz CT molecular complexity index is 2600. The lowest BCUT2D eigenvalue weighted by atomic mass is 9.97. The molecule has 4 aliphatic rings. The van der Waals surface area contributed by atoms with Crippen molar-refractivity contribution in [2.45, 2.75) is 44.2 Å². The highest BCUT2D eigenvalue weighted by atomic mass is 32.2. The summed E-state index contributed by atoms with van der Waals surface area (Å²) in [5.74, 6) is -2.83. The molecule has 0 bridgehead atoms. The number of thiazole rings is 1. The fourth-order valence-corrected chi connectivity index (χ4v) is 9.69. The third kappa shape index (κ3) is 10.5. The molecule has 8 rings (SSSR count). The Morgan fingerprint density at radius 2 is 1.71 bits per heavy atom. The van der Waals surface area contributed by atoms with E-state index in [1.807, 2.05) is 46.7 Å². The second kappa shape index (κ2) is 19.4. The van der Waals surface area contributed by atoms with E-state index >= 15 is 0 Å². The van der Waals surface area contributed by atoms with Crippen molar-refractivity contribution in [1.82, 2.24) is 34.3 Å². The molecule has 0 radical (unpaired) electrons. The SMILES string of the molecule is CS(=O)(=O)n1ccc(C(=O)N[C@@H](CCOCCCC(=O)N2CCN(CC3CN(c4ccc5c(c4)C(=O)N(C4CCC(=O)NC4=O)C5=O)C3)CC2)C(=O)Nc2nc(-c3ccccc3)cs2)c1. The Kier molecular flexibility index (Phi) is 13.5. The van der Waals surface area contributed by atoms with Gasteiger partial charge in [-0.1, -0.05) is 30.3 Å². The van der Waals surface area contributed by atoms with Gasteiger partial charge in [-0.2, -0.15) is 0 Å². The van der Waals surface area contributed by atoms with Crippen molar-refractivity contribution in [3.05, 3.63) is 89.1 Å². The maximum absolute atomic E-state index is 13.5. The lowest BCUT2D eigenvalue weighted by molar-refractivity contribution is -0.136. The molecule has 2 aromatic carbocycles. The van der Waals surface area contributed by atoms with Gasteiger partial charge in [0.15, 0.2) is 5.13 Å². The lowest BCUT2D eigenvalue weighted by Gasteiger charge is -2.45. The first-order valence-electron chi connectivity index (χ1n) is 21.4. The fourth-order valence-electron chi connectivity index (χ4n) is 8.38. The summed E-state index contributed by atoms with van der Waals surface area (Å²) in [5, 5.41) is 9.85. The molecule has 6 heterocycles. The second-order valence-electron chi connectivity index (χ2n) is 16.5. The molecule has 2 aromatic heterocycles. The van der Waals surface area contributed by atoms with Crippen LogP contribution < -0.4 is 20.9 Å². The zero-order valence-electron chi connectivity index (χ0n) is 35.6. The average molecular weight is 928 g/mol. The minimum atomic E-state index is -3.61. The second-order valence-corrected chi connectivity index (χ2v) is 19.3. The van der Waals surface area contributed by atoms with E-state index in [1.165, 1.54) is 29.8 Å². The summed E-state index contributed by atoms with van der Waals surface area (Å²) in [7, 11) is -3.61. The van der Waals surface area contributed by atoms with Crippen LogP contribution in [0.4, 0.5) is 10.8 Å². The summed E-state index contributed by atoms with van der Waals surface area (Å²) in [6.45, 7) is 5.49. The van der Waals surface area contributed by atoms with Crippen molar-refractivity contribution in [3.63, 3.8) is 0 Å². The molecule has 65 heavy (non-hydrogen) atoms. The van der Waals surface area contributed by atoms with E-state index in [0.717, 1.165) is 59.1 Å². The number of hydrogen-bond donors (Lipinski definition) is 3. The van der Waals surface area contributed by atoms with Crippen molar-refractivity contribution in [2.75, 3.05) is 75.5 Å². The van der Waals surface area contributed by atoms with Crippen LogP contribution in [0.15, 0.2) is 72.4 Å². The number of benzene rings is 2. The molecule has 3 N–H and O–H groups in total. The maximum Gasteiger partial charge on any atom is 0.262 e. The number of piperazine rings is 1. The molecule has 2 atom stereocenters. The first-order chi connectivity index (χ1) is 31.2. The number of fused-ring (bicyclic) bond motifs is 1. The van der Waals surface area contributed by atoms with Crippen LogP contribution in [0.5, 0.6) is 0 Å². The molecule has 342 valence electrons. The van der Waals surface area contributed by atoms with Crippen molar-refractivity contribution < 1.29 is 46.7 Å². The van der Waals surface area contributed by atoms with Gasteiger partial charge in [-0.15, -0.1) is 11.3 Å². The summed E-state index contributed by atoms with van der Waals surface area (Å²) in [6.07, 6.45) is 4.49. The molecule has 7 amide bonds. The average Bonchev–Trinajstić information content (AvgIpc) is 4.02. The van der Waals surface area contributed by atoms with Crippen LogP contribution >= 0.6 is 11.3 Å². The molecule has 1 unspecified atom stereocenters. The number of imide groups is 2. The summed E-state index contributed by atoms with van der Waals surface area (Å²) in [4.78, 5) is 102. The van der Waals surface area contributed by atoms with Gasteiger partial charge < -0.3 is 25.2 Å². The van der Waals surface area contributed by atoms with E-state index in [1.54, 1.807) is 12.1 Å². The minimum Gasteiger partial charge on any atom is -0.381 e. The third-order valence-corrected chi connectivity index (χ3v) is 13.7. The molecule has 19 nitrogen and oxygen atoms in total. The van der Waals surface area contributed by atoms with Crippen LogP contribution in [0.3, 0.4) is 0 Å². The predicted octanol–water partition coefficient (Wildman–Crippen LogP) is 2.03. The topological polar surface area (TPSA) is 230 Å². The molecule has 21 heteroatoms. The van der Waals surface area contributed by atoms with Gasteiger partial charge in [0.1, 0.15) is 12.1 Å². The highest BCUT2D eigenvalue weighted by molar-refractivity contribution is 7.89. The maximum atomic E-state index is 13.5. The van der Waals surface area contributed by atoms with Gasteiger partial charge in [-0.3, -0.25) is 52.7 Å². The summed E-state index contributed by atoms with van der Waals surface area (Å²) in [6, 6.07) is 14.0. The van der Waals surface area contributed by atoms with Crippen molar-refractivity contribution in [2.24, 2.45) is 5.92 Å². The number of aromatic nitrogens is 2. The van der Waals surface area contributed by atoms with Crippen molar-refractivity contribution in [3.8, 4) is 11.3 Å². The van der Waals surface area contributed by atoms with Gasteiger partial charge >= 0.3 is 0 Å². The number of ether oxygens (including phenoxy) is 1. The largest absolute Gasteiger partial charge is 0.381 e. The highest BCUT2D eigenvalue weighted by Crippen LogP contribution is 2.33. The zero-order chi connectivity index (χ0) is 45.8. The van der Waals surface area contributed by atoms with Crippen LogP contribution in [-0.4, -0.2) is 151 Å². The van der Waals surface area contributed by atoms with E-state index in [9.17, 15) is 42.0 Å². The van der Waals surface area contributed by atoms with Gasteiger partial charge in [-0.05, 0) is 43.5 Å². The Morgan fingerprint density at radius 1 is 0.954 bits per heavy atom. The number of carbonyl (C=O) groups is 7. The summed E-state index contributed by atoms with van der Waals surface area (Å²) >= 11 is 1.24. The summed E-state index contributed by atoms with van der Waals surface area (Å²) in [5.41, 5.74) is 2.98. The van der Waals surface area contributed by atoms with Crippen LogP contribution in [0.25, 0.3) is 11.3 Å². The van der Waals surface area contributed by atoms with Gasteiger partial charge in [-0.25, -0.2) is 13.4 Å². The lowest BCUT2D eigenvalue weighted by Crippen LogP contribution is -2.55. The number of anilines is 2. The number of nitrogens with zero attached hydrogens (tertiary/aromatic N) is 6. The standard InChI is InChI=1S/C44H49N9O10S2/c1-65(61,62)52-15-13-30(26-52)39(56)45-34(40(57)48-44-46-35(27-64-44)29-6-3-2-4-7-29)14-21-63-20-5-8-38(55)50-18-16-49(17-19-50)23-28-24-51(25-28)31-9-10-32-33(22-31)43(60)53(42(32)59)36-11-12-37(54)47-41(36)58/h2-4,6-7,9-10,13,15,22,26-28,34,36H,5,8,11-12,14,16-21,23-25H2,1H3,(H,45,56)(H,46,48,57)(H,47,54,58)/t34-,36?/m0/s1. The van der Waals surface area contributed by atoms with E-state index in [-0.39, 0.29) is 55.1 Å². The van der Waals surface area contributed by atoms with Gasteiger partial charge in [0, 0.05) is 107 Å². The number of amides is 7. The first-order valence-corrected chi connectivity index (χ1v) is 24.1. The van der Waals surface area contributed by atoms with E-state index in [2.05, 4.69) is 30.7 Å². The smallest absolute Gasteiger partial charge is 0.262 e. The quantitative estimate of drug-likeness (QED) is 0.102. The van der Waals surface area contributed by atoms with Crippen LogP contribution in [-0.2, 0) is 33.9 Å². The van der Waals surface area contributed by atoms with Gasteiger partial charge in [0.2, 0.25) is 33.7 Å². The molecular formula is C44H49N9O10S2. The Balaban J connectivity index is 0.746. The third-order valence-electron chi connectivity index (χ3n) is 12.0. The normalized spacial score (nSPS) is 18.6. The van der Waals surface area contributed by atoms with E-state index in [0.29, 0.717) is 42.7 Å². The molecular weight excluding hydrogens is 879 g/mol. The Morgan fingerprint density at radius 3 is 2.43 bits per heavy atom. The number of hydrogen-bond acceptors (Lipinski definition) is 14. The molecule has 3 fully saturated rings.